The van der Waals surface area contributed by atoms with E-state index in [-0.39, 0.29) is 11.7 Å². The molecule has 1 aliphatic rings. The standard InChI is InChI=1S/C19H16BrNO2/c20-16-6-1-4-14(12-16)9-10-18(22)15-5-2-7-17(13-15)21-11-3-8-19(21)23/h1-2,4-7,9-10,12-13H,3,8,11H2. The third-order valence-corrected chi connectivity index (χ3v) is 4.28. The molecular weight excluding hydrogens is 354 g/mol. The summed E-state index contributed by atoms with van der Waals surface area (Å²) in [6.07, 6.45) is 4.81. The van der Waals surface area contributed by atoms with Gasteiger partial charge in [-0.1, -0.05) is 46.3 Å². The van der Waals surface area contributed by atoms with Crippen LogP contribution >= 0.6 is 15.9 Å². The number of ketones is 1. The van der Waals surface area contributed by atoms with Gasteiger partial charge in [0.2, 0.25) is 5.91 Å². The first-order chi connectivity index (χ1) is 11.1. The van der Waals surface area contributed by atoms with Gasteiger partial charge in [-0.2, -0.15) is 0 Å². The first-order valence-electron chi connectivity index (χ1n) is 7.52. The van der Waals surface area contributed by atoms with E-state index in [1.165, 1.54) is 0 Å². The Bertz CT molecular complexity index is 782. The molecule has 23 heavy (non-hydrogen) atoms. The van der Waals surface area contributed by atoms with E-state index in [4.69, 9.17) is 0 Å². The van der Waals surface area contributed by atoms with Gasteiger partial charge in [0.1, 0.15) is 0 Å². The number of anilines is 1. The molecule has 0 unspecified atom stereocenters. The van der Waals surface area contributed by atoms with Gasteiger partial charge in [-0.25, -0.2) is 0 Å². The molecule has 0 N–H and O–H groups in total. The summed E-state index contributed by atoms with van der Waals surface area (Å²) in [7, 11) is 0. The van der Waals surface area contributed by atoms with Gasteiger partial charge in [0, 0.05) is 28.7 Å². The number of allylic oxidation sites excluding steroid dienone is 1. The maximum Gasteiger partial charge on any atom is 0.227 e. The van der Waals surface area contributed by atoms with Crippen LogP contribution in [0.1, 0.15) is 28.8 Å². The van der Waals surface area contributed by atoms with Crippen molar-refractivity contribution in [2.45, 2.75) is 12.8 Å². The number of hydrogen-bond acceptors (Lipinski definition) is 2. The lowest BCUT2D eigenvalue weighted by Crippen LogP contribution is -2.23. The van der Waals surface area contributed by atoms with Gasteiger partial charge in [-0.05, 0) is 42.3 Å². The van der Waals surface area contributed by atoms with Gasteiger partial charge in [0.05, 0.1) is 0 Å². The Morgan fingerprint density at radius 2 is 1.96 bits per heavy atom. The van der Waals surface area contributed by atoms with E-state index < -0.39 is 0 Å². The second-order valence-corrected chi connectivity index (χ2v) is 6.37. The molecule has 0 radical (unpaired) electrons. The average molecular weight is 370 g/mol. The molecule has 0 spiro atoms. The third-order valence-electron chi connectivity index (χ3n) is 3.79. The van der Waals surface area contributed by atoms with Crippen molar-refractivity contribution >= 4 is 39.4 Å². The highest BCUT2D eigenvalue weighted by molar-refractivity contribution is 9.10. The number of halogens is 1. The molecule has 1 aliphatic heterocycles. The third kappa shape index (κ3) is 3.77. The first-order valence-corrected chi connectivity index (χ1v) is 8.31. The van der Waals surface area contributed by atoms with E-state index >= 15 is 0 Å². The SMILES string of the molecule is O=C(C=Cc1cccc(Br)c1)c1cccc(N2CCCC2=O)c1. The predicted molar refractivity (Wildman–Crippen MR) is 95.5 cm³/mol. The minimum absolute atomic E-state index is 0.0709. The van der Waals surface area contributed by atoms with Gasteiger partial charge >= 0.3 is 0 Å². The van der Waals surface area contributed by atoms with Crippen LogP contribution in [-0.2, 0) is 4.79 Å². The highest BCUT2D eigenvalue weighted by Gasteiger charge is 2.21. The van der Waals surface area contributed by atoms with Crippen LogP contribution in [0.5, 0.6) is 0 Å². The number of nitrogens with zero attached hydrogens (tertiary/aromatic N) is 1. The summed E-state index contributed by atoms with van der Waals surface area (Å²) in [5.41, 5.74) is 2.35. The zero-order valence-corrected chi connectivity index (χ0v) is 14.1. The molecule has 0 bridgehead atoms. The second-order valence-electron chi connectivity index (χ2n) is 5.45. The maximum absolute atomic E-state index is 12.3. The molecule has 116 valence electrons. The van der Waals surface area contributed by atoms with Gasteiger partial charge in [0.25, 0.3) is 0 Å². The fraction of sp³-hybridized carbons (Fsp3) is 0.158. The van der Waals surface area contributed by atoms with Crippen LogP contribution in [0.2, 0.25) is 0 Å². The number of carbonyl (C=O) groups excluding carboxylic acids is 2. The molecule has 1 heterocycles. The lowest BCUT2D eigenvalue weighted by atomic mass is 10.1. The first kappa shape index (κ1) is 15.7. The zero-order valence-electron chi connectivity index (χ0n) is 12.5. The number of hydrogen-bond donors (Lipinski definition) is 0. The largest absolute Gasteiger partial charge is 0.312 e. The van der Waals surface area contributed by atoms with Crippen LogP contribution in [0.4, 0.5) is 5.69 Å². The topological polar surface area (TPSA) is 37.4 Å². The van der Waals surface area contributed by atoms with Crippen molar-refractivity contribution in [1.29, 1.82) is 0 Å². The van der Waals surface area contributed by atoms with E-state index in [0.717, 1.165) is 28.7 Å². The number of amides is 1. The molecule has 0 saturated carbocycles. The number of benzene rings is 2. The Morgan fingerprint density at radius 3 is 2.70 bits per heavy atom. The summed E-state index contributed by atoms with van der Waals surface area (Å²) < 4.78 is 0.974. The number of rotatable bonds is 4. The van der Waals surface area contributed by atoms with E-state index in [0.29, 0.717) is 12.0 Å². The molecule has 4 heteroatoms. The van der Waals surface area contributed by atoms with Gasteiger partial charge in [0.15, 0.2) is 5.78 Å². The summed E-state index contributed by atoms with van der Waals surface area (Å²) in [6.45, 7) is 0.727. The fourth-order valence-corrected chi connectivity index (χ4v) is 3.04. The summed E-state index contributed by atoms with van der Waals surface area (Å²) in [5.74, 6) is 0.0535. The van der Waals surface area contributed by atoms with E-state index in [1.807, 2.05) is 36.4 Å². The van der Waals surface area contributed by atoms with Crippen LogP contribution in [0.15, 0.2) is 59.1 Å². The second kappa shape index (κ2) is 6.92. The minimum Gasteiger partial charge on any atom is -0.312 e. The Morgan fingerprint density at radius 1 is 1.13 bits per heavy atom. The summed E-state index contributed by atoms with van der Waals surface area (Å²) in [6, 6.07) is 15.0. The van der Waals surface area contributed by atoms with Crippen molar-refractivity contribution < 1.29 is 9.59 Å². The Hall–Kier alpha value is -2.20. The van der Waals surface area contributed by atoms with Crippen molar-refractivity contribution in [3.8, 4) is 0 Å². The monoisotopic (exact) mass is 369 g/mol. The molecule has 2 aromatic carbocycles. The Labute approximate surface area is 143 Å². The Kier molecular flexibility index (Phi) is 4.72. The molecule has 3 rings (SSSR count). The number of carbonyl (C=O) groups is 2. The highest BCUT2D eigenvalue weighted by Crippen LogP contribution is 2.22. The van der Waals surface area contributed by atoms with Crippen molar-refractivity contribution in [3.63, 3.8) is 0 Å². The summed E-state index contributed by atoms with van der Waals surface area (Å²) in [5, 5.41) is 0. The molecule has 1 fully saturated rings. The molecule has 0 aliphatic carbocycles. The smallest absolute Gasteiger partial charge is 0.227 e. The Balaban J connectivity index is 1.78. The van der Waals surface area contributed by atoms with Crippen LogP contribution in [0.25, 0.3) is 6.08 Å². The van der Waals surface area contributed by atoms with E-state index in [1.54, 1.807) is 29.2 Å². The highest BCUT2D eigenvalue weighted by atomic mass is 79.9. The molecule has 3 nitrogen and oxygen atoms in total. The molecule has 2 aromatic rings. The lowest BCUT2D eigenvalue weighted by molar-refractivity contribution is -0.117. The molecule has 0 aromatic heterocycles. The average Bonchev–Trinajstić information content (AvgIpc) is 2.99. The lowest BCUT2D eigenvalue weighted by Gasteiger charge is -2.16. The fourth-order valence-electron chi connectivity index (χ4n) is 2.63. The maximum atomic E-state index is 12.3. The van der Waals surface area contributed by atoms with Crippen molar-refractivity contribution in [2.75, 3.05) is 11.4 Å². The van der Waals surface area contributed by atoms with Crippen molar-refractivity contribution in [1.82, 2.24) is 0 Å². The predicted octanol–water partition coefficient (Wildman–Crippen LogP) is 4.47. The van der Waals surface area contributed by atoms with Crippen molar-refractivity contribution in [2.24, 2.45) is 0 Å². The molecule has 1 saturated heterocycles. The van der Waals surface area contributed by atoms with E-state index in [9.17, 15) is 9.59 Å². The van der Waals surface area contributed by atoms with Crippen LogP contribution < -0.4 is 4.90 Å². The van der Waals surface area contributed by atoms with Crippen LogP contribution in [0.3, 0.4) is 0 Å². The van der Waals surface area contributed by atoms with Gasteiger partial charge < -0.3 is 4.90 Å². The summed E-state index contributed by atoms with van der Waals surface area (Å²) >= 11 is 3.41. The molecule has 0 atom stereocenters. The van der Waals surface area contributed by atoms with Gasteiger partial charge in [-0.3, -0.25) is 9.59 Å². The molecular formula is C19H16BrNO2. The van der Waals surface area contributed by atoms with Crippen LogP contribution in [0, 0.1) is 0 Å². The normalized spacial score (nSPS) is 14.7. The van der Waals surface area contributed by atoms with Crippen LogP contribution in [-0.4, -0.2) is 18.2 Å². The summed E-state index contributed by atoms with van der Waals surface area (Å²) in [4.78, 5) is 25.9. The minimum atomic E-state index is -0.0709. The quantitative estimate of drug-likeness (QED) is 0.588. The van der Waals surface area contributed by atoms with Crippen molar-refractivity contribution in [3.05, 3.63) is 70.2 Å². The molecule has 1 amide bonds. The zero-order chi connectivity index (χ0) is 16.2. The van der Waals surface area contributed by atoms with E-state index in [2.05, 4.69) is 15.9 Å². The van der Waals surface area contributed by atoms with Gasteiger partial charge in [-0.15, -0.1) is 0 Å².